The first-order valence-electron chi connectivity index (χ1n) is 11.8. The van der Waals surface area contributed by atoms with Crippen LogP contribution in [-0.4, -0.2) is 85.4 Å². The Kier molecular flexibility index (Phi) is 7.74. The van der Waals surface area contributed by atoms with Gasteiger partial charge in [-0.15, -0.1) is 0 Å². The Morgan fingerprint density at radius 3 is 2.72 bits per heavy atom. The lowest BCUT2D eigenvalue weighted by atomic mass is 10.1. The van der Waals surface area contributed by atoms with Crippen molar-refractivity contribution in [1.29, 1.82) is 0 Å². The Hall–Kier alpha value is -3.65. The number of aromatic nitrogens is 4. The van der Waals surface area contributed by atoms with Gasteiger partial charge in [-0.1, -0.05) is 17.2 Å². The van der Waals surface area contributed by atoms with E-state index in [1.807, 2.05) is 4.90 Å². The minimum atomic E-state index is -1.22. The number of hydrogen-bond donors (Lipinski definition) is 3. The van der Waals surface area contributed by atoms with Gasteiger partial charge >= 0.3 is 5.97 Å². The summed E-state index contributed by atoms with van der Waals surface area (Å²) in [5.74, 6) is -2.23. The first-order chi connectivity index (χ1) is 17.3. The predicted molar refractivity (Wildman–Crippen MR) is 123 cm³/mol. The van der Waals surface area contributed by atoms with Gasteiger partial charge in [-0.25, -0.2) is 9.61 Å². The predicted octanol–water partition coefficient (Wildman–Crippen LogP) is -0.500. The average Bonchev–Trinajstić information content (AvgIpc) is 3.56. The second-order valence-corrected chi connectivity index (χ2v) is 8.96. The molecule has 0 aliphatic carbocycles. The maximum Gasteiger partial charge on any atom is 0.305 e. The zero-order valence-electron chi connectivity index (χ0n) is 20.0. The number of ketones is 1. The third-order valence-corrected chi connectivity index (χ3v) is 6.52. The molecule has 0 aromatic carbocycles. The third-order valence-electron chi connectivity index (χ3n) is 6.52. The lowest BCUT2D eigenvalue weighted by Gasteiger charge is -2.28. The number of ether oxygens (including phenoxy) is 1. The van der Waals surface area contributed by atoms with Crippen LogP contribution >= 0.6 is 0 Å². The van der Waals surface area contributed by atoms with E-state index in [0.29, 0.717) is 24.5 Å². The van der Waals surface area contributed by atoms with Crippen LogP contribution in [0.4, 0.5) is 5.82 Å². The van der Waals surface area contributed by atoms with Crippen LogP contribution in [0.2, 0.25) is 0 Å². The highest BCUT2D eigenvalue weighted by Gasteiger charge is 2.40. The van der Waals surface area contributed by atoms with E-state index in [-0.39, 0.29) is 37.5 Å². The number of Topliss-reactive ketones (excluding diaryl/α,β-unsaturated/α-hetero) is 1. The second-order valence-electron chi connectivity index (χ2n) is 8.96. The number of carboxylic acids is 1. The number of carbonyl (C=O) groups excluding carboxylic acids is 2. The van der Waals surface area contributed by atoms with Crippen LogP contribution < -0.4 is 16.2 Å². The number of amides is 1. The summed E-state index contributed by atoms with van der Waals surface area (Å²) in [5.41, 5.74) is 0.514. The first-order valence-corrected chi connectivity index (χ1v) is 11.8. The number of aryl methyl sites for hydroxylation is 1. The summed E-state index contributed by atoms with van der Waals surface area (Å²) in [4.78, 5) is 56.6. The number of nitrogens with zero attached hydrogens (tertiary/aromatic N) is 5. The van der Waals surface area contributed by atoms with Crippen LogP contribution in [0.1, 0.15) is 43.6 Å². The fraction of sp³-hybridized carbons (Fsp3) is 0.591. The topological polar surface area (TPSA) is 182 Å². The van der Waals surface area contributed by atoms with Crippen molar-refractivity contribution in [2.45, 2.75) is 63.9 Å². The van der Waals surface area contributed by atoms with Gasteiger partial charge in [-0.05, 0) is 19.8 Å². The molecule has 2 fully saturated rings. The van der Waals surface area contributed by atoms with Crippen LogP contribution in [0.15, 0.2) is 21.8 Å². The molecule has 36 heavy (non-hydrogen) atoms. The van der Waals surface area contributed by atoms with Crippen molar-refractivity contribution >= 4 is 23.5 Å². The Labute approximate surface area is 206 Å². The van der Waals surface area contributed by atoms with Crippen molar-refractivity contribution in [2.24, 2.45) is 0 Å². The van der Waals surface area contributed by atoms with Crippen LogP contribution in [0.3, 0.4) is 0 Å². The minimum absolute atomic E-state index is 0.00406. The molecular weight excluding hydrogens is 474 g/mol. The molecule has 4 atom stereocenters. The number of likely N-dealkylation sites (tertiary alicyclic amines) is 1. The van der Waals surface area contributed by atoms with E-state index in [1.165, 1.54) is 17.0 Å². The van der Waals surface area contributed by atoms with E-state index in [0.717, 1.165) is 6.42 Å². The first kappa shape index (κ1) is 25.4. The molecule has 2 bridgehead atoms. The Bertz CT molecular complexity index is 1180. The molecular formula is C22H29N7O7. The third kappa shape index (κ3) is 5.60. The van der Waals surface area contributed by atoms with Crippen LogP contribution in [0, 0.1) is 6.92 Å². The lowest BCUT2D eigenvalue weighted by molar-refractivity contribution is -0.140. The molecule has 2 aliphatic rings. The number of morpholine rings is 1. The summed E-state index contributed by atoms with van der Waals surface area (Å²) < 4.78 is 11.4. The summed E-state index contributed by atoms with van der Waals surface area (Å²) in [6, 6.07) is -2.07. The van der Waals surface area contributed by atoms with Crippen molar-refractivity contribution in [3.63, 3.8) is 0 Å². The molecule has 2 aliphatic heterocycles. The number of aliphatic carboxylic acids is 1. The Morgan fingerprint density at radius 2 is 2.11 bits per heavy atom. The molecule has 1 amide bonds. The number of hydrogen-bond acceptors (Lipinski definition) is 11. The molecule has 2 unspecified atom stereocenters. The number of carboxylic acid groups (broad SMARTS) is 1. The van der Waals surface area contributed by atoms with E-state index in [1.54, 1.807) is 13.8 Å². The summed E-state index contributed by atoms with van der Waals surface area (Å²) in [7, 11) is 0. The van der Waals surface area contributed by atoms with Crippen molar-refractivity contribution in [1.82, 2.24) is 30.1 Å². The van der Waals surface area contributed by atoms with Gasteiger partial charge in [0.15, 0.2) is 11.6 Å². The van der Waals surface area contributed by atoms with Gasteiger partial charge in [-0.2, -0.15) is 0 Å². The number of rotatable bonds is 12. The van der Waals surface area contributed by atoms with Gasteiger partial charge < -0.3 is 20.5 Å². The maximum absolute atomic E-state index is 13.2. The smallest absolute Gasteiger partial charge is 0.305 e. The molecule has 0 saturated carbocycles. The lowest BCUT2D eigenvalue weighted by Crippen LogP contribution is -2.50. The molecule has 2 saturated heterocycles. The normalized spacial score (nSPS) is 20.7. The SMILES string of the molecule is CC[C@@H](C(=O)N[C@@H](CC(=O)O)C(=O)CN1CC2CC1CO2)n1ccnc(NCc2nonc2C)c1=O. The molecule has 0 spiro atoms. The van der Waals surface area contributed by atoms with E-state index in [2.05, 4.69) is 30.6 Å². The largest absolute Gasteiger partial charge is 0.481 e. The van der Waals surface area contributed by atoms with Crippen LogP contribution in [0.5, 0.6) is 0 Å². The van der Waals surface area contributed by atoms with Crippen LogP contribution in [-0.2, 0) is 25.7 Å². The molecule has 194 valence electrons. The molecule has 0 radical (unpaired) electrons. The van der Waals surface area contributed by atoms with Gasteiger partial charge in [0.2, 0.25) is 5.91 Å². The van der Waals surface area contributed by atoms with Crippen molar-refractivity contribution < 1.29 is 28.9 Å². The highest BCUT2D eigenvalue weighted by molar-refractivity contribution is 5.94. The zero-order valence-corrected chi connectivity index (χ0v) is 20.0. The van der Waals surface area contributed by atoms with Gasteiger partial charge in [0.25, 0.3) is 5.56 Å². The Morgan fingerprint density at radius 1 is 1.31 bits per heavy atom. The van der Waals surface area contributed by atoms with Crippen molar-refractivity contribution in [2.75, 3.05) is 25.0 Å². The summed E-state index contributed by atoms with van der Waals surface area (Å²) in [6.07, 6.45) is 3.35. The molecule has 2 aromatic heterocycles. The average molecular weight is 504 g/mol. The molecule has 4 rings (SSSR count). The fourth-order valence-corrected chi connectivity index (χ4v) is 4.55. The zero-order chi connectivity index (χ0) is 25.8. The van der Waals surface area contributed by atoms with Crippen molar-refractivity contribution in [3.8, 4) is 0 Å². The van der Waals surface area contributed by atoms with Gasteiger partial charge in [0.1, 0.15) is 17.4 Å². The summed E-state index contributed by atoms with van der Waals surface area (Å²) in [5, 5.41) is 22.2. The van der Waals surface area contributed by atoms with E-state index < -0.39 is 41.7 Å². The molecule has 14 nitrogen and oxygen atoms in total. The highest BCUT2D eigenvalue weighted by atomic mass is 16.6. The number of fused-ring (bicyclic) bond motifs is 2. The van der Waals surface area contributed by atoms with E-state index in [9.17, 15) is 24.3 Å². The summed E-state index contributed by atoms with van der Waals surface area (Å²) in [6.45, 7) is 4.73. The summed E-state index contributed by atoms with van der Waals surface area (Å²) >= 11 is 0. The monoisotopic (exact) mass is 503 g/mol. The quantitative estimate of drug-likeness (QED) is 0.338. The van der Waals surface area contributed by atoms with Crippen LogP contribution in [0.25, 0.3) is 0 Å². The number of nitrogens with one attached hydrogen (secondary N) is 2. The van der Waals surface area contributed by atoms with E-state index in [4.69, 9.17) is 4.74 Å². The van der Waals surface area contributed by atoms with Gasteiger partial charge in [-0.3, -0.25) is 28.6 Å². The fourth-order valence-electron chi connectivity index (χ4n) is 4.55. The van der Waals surface area contributed by atoms with Gasteiger partial charge in [0, 0.05) is 25.0 Å². The molecule has 14 heteroatoms. The van der Waals surface area contributed by atoms with Crippen molar-refractivity contribution in [3.05, 3.63) is 34.1 Å². The molecule has 4 heterocycles. The number of anilines is 1. The minimum Gasteiger partial charge on any atom is -0.481 e. The van der Waals surface area contributed by atoms with E-state index >= 15 is 0 Å². The molecule has 3 N–H and O–H groups in total. The highest BCUT2D eigenvalue weighted by Crippen LogP contribution is 2.27. The number of carbonyl (C=O) groups is 3. The molecule has 2 aromatic rings. The van der Waals surface area contributed by atoms with Gasteiger partial charge in [0.05, 0.1) is 38.3 Å². The Balaban J connectivity index is 1.45. The second kappa shape index (κ2) is 11.0. The standard InChI is InChI=1S/C22H29N7O7/c1-3-17(29-5-4-23-20(22(29)34)24-8-16-12(2)26-36-27-16)21(33)25-15(7-19(31)32)18(30)10-28-9-14-6-13(28)11-35-14/h4-5,13-15,17H,3,6-11H2,1-2H3,(H,23,24)(H,25,33)(H,31,32)/t13?,14?,15-,17-/m0/s1. The maximum atomic E-state index is 13.2.